The van der Waals surface area contributed by atoms with Crippen molar-refractivity contribution in [3.05, 3.63) is 63.6 Å². The number of hydrogen-bond acceptors (Lipinski definition) is 3. The lowest BCUT2D eigenvalue weighted by Crippen LogP contribution is -2.26. The van der Waals surface area contributed by atoms with Crippen LogP contribution in [0.2, 0.25) is 10.0 Å². The van der Waals surface area contributed by atoms with E-state index in [1.807, 2.05) is 6.07 Å². The van der Waals surface area contributed by atoms with E-state index in [1.54, 1.807) is 24.3 Å². The number of halogens is 2. The average Bonchev–Trinajstić information content (AvgIpc) is 2.50. The minimum absolute atomic E-state index is 0.0686. The van der Waals surface area contributed by atoms with Crippen molar-refractivity contribution in [2.24, 2.45) is 0 Å². The van der Waals surface area contributed by atoms with Gasteiger partial charge in [-0.05, 0) is 35.9 Å². The van der Waals surface area contributed by atoms with Crippen LogP contribution >= 0.6 is 23.2 Å². The third-order valence-electron chi connectivity index (χ3n) is 3.08. The van der Waals surface area contributed by atoms with Gasteiger partial charge in [-0.25, -0.2) is 8.42 Å². The highest BCUT2D eigenvalue weighted by Gasteiger charge is 2.22. The molecule has 0 heterocycles. The summed E-state index contributed by atoms with van der Waals surface area (Å²) in [6.07, 6.45) is 0. The third kappa shape index (κ3) is 3.60. The molecule has 0 aliphatic heterocycles. The van der Waals surface area contributed by atoms with E-state index in [1.165, 1.54) is 29.6 Å². The molecule has 2 aromatic carbocycles. The van der Waals surface area contributed by atoms with E-state index in [0.29, 0.717) is 21.2 Å². The Bertz CT molecular complexity index is 845. The number of benzene rings is 2. The minimum atomic E-state index is -3.71. The molecule has 22 heavy (non-hydrogen) atoms. The second-order valence-corrected chi connectivity index (χ2v) is 7.52. The van der Waals surface area contributed by atoms with Crippen molar-refractivity contribution in [2.45, 2.75) is 11.4 Å². The summed E-state index contributed by atoms with van der Waals surface area (Å²) >= 11 is 11.9. The van der Waals surface area contributed by atoms with Gasteiger partial charge in [-0.15, -0.1) is 0 Å². The van der Waals surface area contributed by atoms with E-state index in [-0.39, 0.29) is 11.4 Å². The van der Waals surface area contributed by atoms with E-state index in [2.05, 4.69) is 0 Å². The zero-order valence-corrected chi connectivity index (χ0v) is 14.0. The van der Waals surface area contributed by atoms with Gasteiger partial charge in [-0.3, -0.25) is 0 Å². The SMILES string of the molecule is CN(Cc1ccc(Cl)cc1Cl)S(=O)(=O)c1cccc(C#N)c1. The first-order valence-electron chi connectivity index (χ1n) is 6.25. The molecule has 0 fully saturated rings. The lowest BCUT2D eigenvalue weighted by Gasteiger charge is -2.18. The quantitative estimate of drug-likeness (QED) is 0.840. The Morgan fingerprint density at radius 2 is 1.91 bits per heavy atom. The van der Waals surface area contributed by atoms with E-state index >= 15 is 0 Å². The van der Waals surface area contributed by atoms with Gasteiger partial charge in [0, 0.05) is 23.6 Å². The van der Waals surface area contributed by atoms with Crippen LogP contribution in [0.15, 0.2) is 47.4 Å². The van der Waals surface area contributed by atoms with Crippen LogP contribution in [0.4, 0.5) is 0 Å². The van der Waals surface area contributed by atoms with Crippen LogP contribution < -0.4 is 0 Å². The normalized spacial score (nSPS) is 11.4. The monoisotopic (exact) mass is 354 g/mol. The van der Waals surface area contributed by atoms with Gasteiger partial charge >= 0.3 is 0 Å². The van der Waals surface area contributed by atoms with E-state index in [9.17, 15) is 8.42 Å². The molecular formula is C15H12Cl2N2O2S. The molecule has 0 spiro atoms. The topological polar surface area (TPSA) is 61.2 Å². The predicted octanol–water partition coefficient (Wildman–Crippen LogP) is 3.69. The second-order valence-electron chi connectivity index (χ2n) is 4.64. The van der Waals surface area contributed by atoms with Gasteiger partial charge in [0.2, 0.25) is 10.0 Å². The molecule has 0 saturated heterocycles. The maximum absolute atomic E-state index is 12.5. The second kappa shape index (κ2) is 6.67. The van der Waals surface area contributed by atoms with Crippen LogP contribution in [0.3, 0.4) is 0 Å². The summed E-state index contributed by atoms with van der Waals surface area (Å²) < 4.78 is 26.2. The largest absolute Gasteiger partial charge is 0.243 e. The summed E-state index contributed by atoms with van der Waals surface area (Å²) in [5, 5.41) is 9.77. The van der Waals surface area contributed by atoms with Gasteiger partial charge < -0.3 is 0 Å². The summed E-state index contributed by atoms with van der Waals surface area (Å²) in [5.41, 5.74) is 0.938. The molecule has 7 heteroatoms. The number of nitriles is 1. The molecule has 0 unspecified atom stereocenters. The zero-order valence-electron chi connectivity index (χ0n) is 11.6. The Kier molecular flexibility index (Phi) is 5.09. The van der Waals surface area contributed by atoms with Crippen molar-refractivity contribution >= 4 is 33.2 Å². The van der Waals surface area contributed by atoms with Crippen molar-refractivity contribution < 1.29 is 8.42 Å². The molecule has 0 N–H and O–H groups in total. The lowest BCUT2D eigenvalue weighted by molar-refractivity contribution is 0.467. The molecular weight excluding hydrogens is 343 g/mol. The van der Waals surface area contributed by atoms with Crippen LogP contribution in [0.5, 0.6) is 0 Å². The highest BCUT2D eigenvalue weighted by molar-refractivity contribution is 7.89. The van der Waals surface area contributed by atoms with Crippen molar-refractivity contribution in [1.82, 2.24) is 4.31 Å². The van der Waals surface area contributed by atoms with Crippen LogP contribution in [0, 0.1) is 11.3 Å². The van der Waals surface area contributed by atoms with E-state index in [0.717, 1.165) is 0 Å². The first-order chi connectivity index (χ1) is 10.3. The van der Waals surface area contributed by atoms with E-state index in [4.69, 9.17) is 28.5 Å². The van der Waals surface area contributed by atoms with Gasteiger partial charge in [0.1, 0.15) is 0 Å². The summed E-state index contributed by atoms with van der Waals surface area (Å²) in [6, 6.07) is 12.7. The molecule has 2 rings (SSSR count). The number of hydrogen-bond donors (Lipinski definition) is 0. The molecule has 0 radical (unpaired) electrons. The fourth-order valence-electron chi connectivity index (χ4n) is 1.88. The first-order valence-corrected chi connectivity index (χ1v) is 8.44. The maximum atomic E-state index is 12.5. The van der Waals surface area contributed by atoms with Gasteiger partial charge in [0.05, 0.1) is 16.5 Å². The molecule has 114 valence electrons. The summed E-state index contributed by atoms with van der Waals surface area (Å²) in [5.74, 6) is 0. The fraction of sp³-hybridized carbons (Fsp3) is 0.133. The van der Waals surface area contributed by atoms with E-state index < -0.39 is 10.0 Å². The summed E-state index contributed by atoms with van der Waals surface area (Å²) in [6.45, 7) is 0.106. The standard InChI is InChI=1S/C15H12Cl2N2O2S/c1-19(10-12-5-6-13(16)8-15(12)17)22(20,21)14-4-2-3-11(7-14)9-18/h2-8H,10H2,1H3. The molecule has 4 nitrogen and oxygen atoms in total. The van der Waals surface area contributed by atoms with Crippen LogP contribution in [-0.2, 0) is 16.6 Å². The molecule has 0 aliphatic rings. The third-order valence-corrected chi connectivity index (χ3v) is 5.47. The van der Waals surface area contributed by atoms with Crippen molar-refractivity contribution in [1.29, 1.82) is 5.26 Å². The van der Waals surface area contributed by atoms with Crippen LogP contribution in [0.1, 0.15) is 11.1 Å². The molecule has 0 atom stereocenters. The highest BCUT2D eigenvalue weighted by Crippen LogP contribution is 2.24. The van der Waals surface area contributed by atoms with Crippen molar-refractivity contribution in [2.75, 3.05) is 7.05 Å². The Balaban J connectivity index is 2.31. The number of sulfonamides is 1. The zero-order chi connectivity index (χ0) is 16.3. The Hall–Kier alpha value is -1.58. The first kappa shape index (κ1) is 16.8. The van der Waals surface area contributed by atoms with Crippen LogP contribution in [0.25, 0.3) is 0 Å². The van der Waals surface area contributed by atoms with Gasteiger partial charge in [-0.2, -0.15) is 9.57 Å². The fourth-order valence-corrected chi connectivity index (χ4v) is 3.54. The van der Waals surface area contributed by atoms with Crippen molar-refractivity contribution in [3.8, 4) is 6.07 Å². The van der Waals surface area contributed by atoms with Gasteiger partial charge in [0.15, 0.2) is 0 Å². The molecule has 0 saturated carbocycles. The summed E-state index contributed by atoms with van der Waals surface area (Å²) in [4.78, 5) is 0.0686. The smallest absolute Gasteiger partial charge is 0.207 e. The molecule has 0 aliphatic carbocycles. The molecule has 0 amide bonds. The van der Waals surface area contributed by atoms with Crippen LogP contribution in [-0.4, -0.2) is 19.8 Å². The predicted molar refractivity (Wildman–Crippen MR) is 86.3 cm³/mol. The van der Waals surface area contributed by atoms with Gasteiger partial charge in [0.25, 0.3) is 0 Å². The maximum Gasteiger partial charge on any atom is 0.243 e. The number of rotatable bonds is 4. The molecule has 2 aromatic rings. The Morgan fingerprint density at radius 1 is 1.18 bits per heavy atom. The summed E-state index contributed by atoms with van der Waals surface area (Å²) in [7, 11) is -2.25. The lowest BCUT2D eigenvalue weighted by atomic mass is 10.2. The Labute approximate surface area is 139 Å². The minimum Gasteiger partial charge on any atom is -0.207 e. The molecule has 0 aromatic heterocycles. The van der Waals surface area contributed by atoms with Gasteiger partial charge in [-0.1, -0.05) is 35.3 Å². The van der Waals surface area contributed by atoms with Crippen molar-refractivity contribution in [3.63, 3.8) is 0 Å². The number of nitrogens with zero attached hydrogens (tertiary/aromatic N) is 2. The Morgan fingerprint density at radius 3 is 2.55 bits per heavy atom. The molecule has 0 bridgehead atoms. The highest BCUT2D eigenvalue weighted by atomic mass is 35.5. The average molecular weight is 355 g/mol.